The Labute approximate surface area is 163 Å². The van der Waals surface area contributed by atoms with Gasteiger partial charge in [0.05, 0.1) is 0 Å². The molecule has 0 amide bonds. The van der Waals surface area contributed by atoms with Crippen molar-refractivity contribution in [1.29, 1.82) is 0 Å². The molecule has 1 atom stereocenters. The molecular formula is C21H25N5O2. The number of fused-ring (bicyclic) bond motifs is 3. The number of allylic oxidation sites excluding steroid dienone is 1. The summed E-state index contributed by atoms with van der Waals surface area (Å²) >= 11 is 0. The van der Waals surface area contributed by atoms with Crippen molar-refractivity contribution in [3.05, 3.63) is 62.8 Å². The zero-order chi connectivity index (χ0) is 20.2. The number of hydrogen-bond acceptors (Lipinski definition) is 4. The second kappa shape index (κ2) is 6.51. The van der Waals surface area contributed by atoms with E-state index < -0.39 is 0 Å². The van der Waals surface area contributed by atoms with Crippen molar-refractivity contribution >= 4 is 22.8 Å². The Kier molecular flexibility index (Phi) is 4.25. The monoisotopic (exact) mass is 379 g/mol. The normalized spacial score (nSPS) is 16.4. The standard InChI is InChI=1S/C21H25N5O2/c1-6-7-24-19(27)17-18(23(5)21(24)28)22-20-25(11-15(4)12-26(17)20)16-9-13(2)8-14(3)10-16/h6,8-10,15H,1,7,11-12H2,2-5H3/t15-/m0/s1. The highest BCUT2D eigenvalue weighted by atomic mass is 16.2. The molecule has 7 nitrogen and oxygen atoms in total. The summed E-state index contributed by atoms with van der Waals surface area (Å²) in [4.78, 5) is 32.6. The second-order valence-electron chi connectivity index (χ2n) is 7.80. The van der Waals surface area contributed by atoms with E-state index in [4.69, 9.17) is 4.98 Å². The summed E-state index contributed by atoms with van der Waals surface area (Å²) in [6.45, 7) is 11.6. The van der Waals surface area contributed by atoms with Crippen molar-refractivity contribution in [3.8, 4) is 0 Å². The molecule has 1 aliphatic heterocycles. The summed E-state index contributed by atoms with van der Waals surface area (Å²) in [6.07, 6.45) is 1.56. The fourth-order valence-corrected chi connectivity index (χ4v) is 4.12. The summed E-state index contributed by atoms with van der Waals surface area (Å²) in [5.41, 5.74) is 3.61. The minimum absolute atomic E-state index is 0.179. The third-order valence-electron chi connectivity index (χ3n) is 5.27. The van der Waals surface area contributed by atoms with Gasteiger partial charge in [-0.2, -0.15) is 4.98 Å². The first kappa shape index (κ1) is 18.3. The molecule has 2 aromatic heterocycles. The van der Waals surface area contributed by atoms with Crippen molar-refractivity contribution in [3.63, 3.8) is 0 Å². The zero-order valence-corrected chi connectivity index (χ0v) is 16.8. The molecule has 1 aliphatic rings. The molecular weight excluding hydrogens is 354 g/mol. The first-order chi connectivity index (χ1) is 13.3. The van der Waals surface area contributed by atoms with E-state index in [-0.39, 0.29) is 17.8 Å². The summed E-state index contributed by atoms with van der Waals surface area (Å²) in [5.74, 6) is 1.04. The van der Waals surface area contributed by atoms with Gasteiger partial charge in [-0.3, -0.25) is 13.9 Å². The van der Waals surface area contributed by atoms with Gasteiger partial charge in [-0.25, -0.2) is 4.79 Å². The quantitative estimate of drug-likeness (QED) is 0.656. The van der Waals surface area contributed by atoms with E-state index in [2.05, 4.69) is 50.4 Å². The minimum Gasteiger partial charge on any atom is -0.312 e. The molecule has 0 saturated carbocycles. The number of nitrogens with zero attached hydrogens (tertiary/aromatic N) is 5. The molecule has 146 valence electrons. The Morgan fingerprint density at radius 1 is 1.18 bits per heavy atom. The topological polar surface area (TPSA) is 65.1 Å². The van der Waals surface area contributed by atoms with E-state index in [1.807, 2.05) is 4.57 Å². The Balaban J connectivity index is 2.03. The lowest BCUT2D eigenvalue weighted by Gasteiger charge is -2.33. The van der Waals surface area contributed by atoms with Gasteiger partial charge in [-0.05, 0) is 43.0 Å². The van der Waals surface area contributed by atoms with E-state index in [1.165, 1.54) is 20.3 Å². The van der Waals surface area contributed by atoms with Gasteiger partial charge in [0.25, 0.3) is 5.56 Å². The van der Waals surface area contributed by atoms with Crippen LogP contribution in [-0.2, 0) is 20.1 Å². The Hall–Kier alpha value is -3.09. The SMILES string of the molecule is C=CCn1c(=O)c2c(nc3n2C[C@@H](C)CN3c2cc(C)cc(C)c2)n(C)c1=O. The third-order valence-corrected chi connectivity index (χ3v) is 5.27. The second-order valence-corrected chi connectivity index (χ2v) is 7.80. The van der Waals surface area contributed by atoms with Crippen LogP contribution >= 0.6 is 0 Å². The van der Waals surface area contributed by atoms with Crippen LogP contribution in [-0.4, -0.2) is 25.2 Å². The maximum atomic E-state index is 13.1. The first-order valence-corrected chi connectivity index (χ1v) is 9.48. The number of aryl methyl sites for hydroxylation is 3. The van der Waals surface area contributed by atoms with Gasteiger partial charge in [0, 0.05) is 32.4 Å². The molecule has 7 heteroatoms. The summed E-state index contributed by atoms with van der Waals surface area (Å²) < 4.78 is 4.63. The maximum Gasteiger partial charge on any atom is 0.332 e. The molecule has 0 unspecified atom stereocenters. The molecule has 0 spiro atoms. The predicted octanol–water partition coefficient (Wildman–Crippen LogP) is 2.49. The van der Waals surface area contributed by atoms with Crippen molar-refractivity contribution < 1.29 is 0 Å². The molecule has 0 N–H and O–H groups in total. The fraction of sp³-hybridized carbons (Fsp3) is 0.381. The van der Waals surface area contributed by atoms with Crippen molar-refractivity contribution in [2.45, 2.75) is 33.9 Å². The van der Waals surface area contributed by atoms with Gasteiger partial charge in [0.15, 0.2) is 11.2 Å². The highest BCUT2D eigenvalue weighted by molar-refractivity contribution is 5.77. The van der Waals surface area contributed by atoms with Crippen LogP contribution in [0, 0.1) is 19.8 Å². The average molecular weight is 379 g/mol. The first-order valence-electron chi connectivity index (χ1n) is 9.48. The number of imidazole rings is 1. The molecule has 1 aromatic carbocycles. The smallest absolute Gasteiger partial charge is 0.312 e. The van der Waals surface area contributed by atoms with Crippen LogP contribution < -0.4 is 16.1 Å². The van der Waals surface area contributed by atoms with E-state index in [9.17, 15) is 9.59 Å². The van der Waals surface area contributed by atoms with Gasteiger partial charge in [0.2, 0.25) is 5.95 Å². The molecule has 0 bridgehead atoms. The maximum absolute atomic E-state index is 13.1. The van der Waals surface area contributed by atoms with Crippen LogP contribution in [0.2, 0.25) is 0 Å². The van der Waals surface area contributed by atoms with Crippen LogP contribution in [0.4, 0.5) is 11.6 Å². The van der Waals surface area contributed by atoms with E-state index in [0.717, 1.165) is 12.2 Å². The van der Waals surface area contributed by atoms with Gasteiger partial charge >= 0.3 is 5.69 Å². The Bertz CT molecular complexity index is 1190. The molecule has 3 aromatic rings. The summed E-state index contributed by atoms with van der Waals surface area (Å²) in [7, 11) is 1.66. The third kappa shape index (κ3) is 2.69. The van der Waals surface area contributed by atoms with E-state index in [0.29, 0.717) is 29.6 Å². The van der Waals surface area contributed by atoms with E-state index >= 15 is 0 Å². The van der Waals surface area contributed by atoms with Gasteiger partial charge in [-0.1, -0.05) is 19.1 Å². The van der Waals surface area contributed by atoms with Crippen molar-refractivity contribution in [2.24, 2.45) is 13.0 Å². The average Bonchev–Trinajstić information content (AvgIpc) is 3.01. The van der Waals surface area contributed by atoms with Crippen LogP contribution in [0.25, 0.3) is 11.2 Å². The van der Waals surface area contributed by atoms with Crippen LogP contribution in [0.3, 0.4) is 0 Å². The molecule has 3 heterocycles. The van der Waals surface area contributed by atoms with Crippen molar-refractivity contribution in [1.82, 2.24) is 18.7 Å². The highest BCUT2D eigenvalue weighted by Crippen LogP contribution is 2.33. The minimum atomic E-state index is -0.376. The lowest BCUT2D eigenvalue weighted by Crippen LogP contribution is -2.40. The number of benzene rings is 1. The number of rotatable bonds is 3. The van der Waals surface area contributed by atoms with E-state index in [1.54, 1.807) is 13.1 Å². The molecule has 0 fully saturated rings. The zero-order valence-electron chi connectivity index (χ0n) is 16.8. The molecule has 0 saturated heterocycles. The van der Waals surface area contributed by atoms with Gasteiger partial charge in [-0.15, -0.1) is 6.58 Å². The lowest BCUT2D eigenvalue weighted by atomic mass is 10.1. The predicted molar refractivity (Wildman–Crippen MR) is 112 cm³/mol. The molecule has 0 radical (unpaired) electrons. The number of anilines is 2. The molecule has 4 rings (SSSR count). The molecule has 0 aliphatic carbocycles. The Morgan fingerprint density at radius 2 is 1.86 bits per heavy atom. The lowest BCUT2D eigenvalue weighted by molar-refractivity contribution is 0.458. The van der Waals surface area contributed by atoms with Gasteiger partial charge < -0.3 is 9.47 Å². The van der Waals surface area contributed by atoms with Crippen LogP contribution in [0.15, 0.2) is 40.4 Å². The van der Waals surface area contributed by atoms with Crippen molar-refractivity contribution in [2.75, 3.05) is 11.4 Å². The molecule has 28 heavy (non-hydrogen) atoms. The largest absolute Gasteiger partial charge is 0.332 e. The number of hydrogen-bond donors (Lipinski definition) is 0. The van der Waals surface area contributed by atoms with Crippen LogP contribution in [0.5, 0.6) is 0 Å². The van der Waals surface area contributed by atoms with Gasteiger partial charge in [0.1, 0.15) is 0 Å². The summed E-state index contributed by atoms with van der Waals surface area (Å²) in [6, 6.07) is 6.39. The highest BCUT2D eigenvalue weighted by Gasteiger charge is 2.29. The number of aromatic nitrogens is 4. The summed E-state index contributed by atoms with van der Waals surface area (Å²) in [5, 5.41) is 0. The van der Waals surface area contributed by atoms with Crippen LogP contribution in [0.1, 0.15) is 18.1 Å². The fourth-order valence-electron chi connectivity index (χ4n) is 4.12. The Morgan fingerprint density at radius 3 is 2.50 bits per heavy atom.